The summed E-state index contributed by atoms with van der Waals surface area (Å²) in [5, 5.41) is 9.81. The summed E-state index contributed by atoms with van der Waals surface area (Å²) in [5.74, 6) is -1.98. The van der Waals surface area contributed by atoms with Gasteiger partial charge in [0.25, 0.3) is 0 Å². The maximum atomic E-state index is 14.2. The van der Waals surface area contributed by atoms with Gasteiger partial charge in [-0.25, -0.2) is 0 Å². The maximum Gasteiger partial charge on any atom is 0.311 e. The van der Waals surface area contributed by atoms with Crippen molar-refractivity contribution in [1.29, 1.82) is 0 Å². The van der Waals surface area contributed by atoms with Crippen molar-refractivity contribution in [1.82, 2.24) is 9.80 Å². The molecule has 5 atom stereocenters. The standard InChI is InChI=1S/C26H36N2O5S/c1-25-12-7-2-3-8-17-33-24(32)20(25)19-22(30)28(15-16-29)21-23(31)27(18-10-5-4-6-11-18)14-9-13-26(19,21)34-25/h7,9,12-13,18-21,29H,2-6,8,10-11,14-17H2,1H3/b12-7-/t19-,20+,21?,25-,26-/m0/s1. The highest BCUT2D eigenvalue weighted by Gasteiger charge is 2.73. The van der Waals surface area contributed by atoms with E-state index >= 15 is 0 Å². The minimum atomic E-state index is -0.858. The Hall–Kier alpha value is -1.80. The van der Waals surface area contributed by atoms with Crippen molar-refractivity contribution in [3.8, 4) is 0 Å². The van der Waals surface area contributed by atoms with Crippen molar-refractivity contribution in [2.24, 2.45) is 11.8 Å². The van der Waals surface area contributed by atoms with E-state index in [9.17, 15) is 19.5 Å². The van der Waals surface area contributed by atoms with Crippen molar-refractivity contribution in [3.63, 3.8) is 0 Å². The van der Waals surface area contributed by atoms with Crippen molar-refractivity contribution in [2.45, 2.75) is 79.9 Å². The normalized spacial score (nSPS) is 39.8. The molecule has 1 spiro atoms. The number of amides is 2. The van der Waals surface area contributed by atoms with Gasteiger partial charge in [-0.3, -0.25) is 14.4 Å². The molecular formula is C26H36N2O5S. The number of thioether (sulfide) groups is 1. The Morgan fingerprint density at radius 1 is 1.03 bits per heavy atom. The van der Waals surface area contributed by atoms with Crippen LogP contribution in [0.15, 0.2) is 24.3 Å². The number of allylic oxidation sites excluding steroid dienone is 1. The van der Waals surface area contributed by atoms with Gasteiger partial charge in [0.05, 0.1) is 29.8 Å². The van der Waals surface area contributed by atoms with Crippen LogP contribution in [-0.4, -0.2) is 80.6 Å². The van der Waals surface area contributed by atoms with Gasteiger partial charge in [0, 0.05) is 23.9 Å². The quantitative estimate of drug-likeness (QED) is 0.486. The number of ether oxygens (including phenoxy) is 1. The predicted molar refractivity (Wildman–Crippen MR) is 130 cm³/mol. The molecule has 5 aliphatic rings. The molecular weight excluding hydrogens is 452 g/mol. The fourth-order valence-electron chi connectivity index (χ4n) is 6.88. The number of nitrogens with zero attached hydrogens (tertiary/aromatic N) is 2. The lowest BCUT2D eigenvalue weighted by Crippen LogP contribution is -2.56. The van der Waals surface area contributed by atoms with Crippen molar-refractivity contribution < 1.29 is 24.2 Å². The average Bonchev–Trinajstić information content (AvgIpc) is 3.14. The first-order valence-electron chi connectivity index (χ1n) is 12.9. The molecule has 0 radical (unpaired) electrons. The molecule has 0 aromatic heterocycles. The highest BCUT2D eigenvalue weighted by Crippen LogP contribution is 2.65. The smallest absolute Gasteiger partial charge is 0.311 e. The lowest BCUT2D eigenvalue weighted by atomic mass is 9.74. The van der Waals surface area contributed by atoms with Crippen molar-refractivity contribution in [2.75, 3.05) is 26.3 Å². The first-order chi connectivity index (χ1) is 16.4. The molecule has 0 aromatic carbocycles. The van der Waals surface area contributed by atoms with E-state index in [1.54, 1.807) is 16.7 Å². The monoisotopic (exact) mass is 488 g/mol. The number of carbonyl (C=O) groups is 3. The van der Waals surface area contributed by atoms with Gasteiger partial charge in [0.1, 0.15) is 6.04 Å². The fraction of sp³-hybridized carbons (Fsp3) is 0.731. The summed E-state index contributed by atoms with van der Waals surface area (Å²) in [4.78, 5) is 45.1. The number of cyclic esters (lactones) is 1. The molecule has 1 saturated carbocycles. The second-order valence-electron chi connectivity index (χ2n) is 10.5. The highest BCUT2D eigenvalue weighted by molar-refractivity contribution is 8.02. The van der Waals surface area contributed by atoms with Crippen LogP contribution in [0.25, 0.3) is 0 Å². The number of β-amino-alcohol motifs (C(OH)–C–C–N with tert-alkyl or cyclic N) is 1. The predicted octanol–water partition coefficient (Wildman–Crippen LogP) is 2.68. The van der Waals surface area contributed by atoms with Crippen LogP contribution < -0.4 is 0 Å². The Morgan fingerprint density at radius 3 is 2.59 bits per heavy atom. The molecule has 0 aromatic rings. The van der Waals surface area contributed by atoms with Crippen LogP contribution in [0.5, 0.6) is 0 Å². The van der Waals surface area contributed by atoms with E-state index in [0.29, 0.717) is 13.2 Å². The minimum Gasteiger partial charge on any atom is -0.465 e. The molecule has 8 heteroatoms. The Bertz CT molecular complexity index is 900. The number of aliphatic hydroxyl groups excluding tert-OH is 1. The molecule has 2 saturated heterocycles. The molecule has 186 valence electrons. The van der Waals surface area contributed by atoms with Crippen LogP contribution in [0.4, 0.5) is 0 Å². The van der Waals surface area contributed by atoms with Crippen LogP contribution in [0.3, 0.4) is 0 Å². The van der Waals surface area contributed by atoms with Gasteiger partial charge in [0.15, 0.2) is 0 Å². The third-order valence-corrected chi connectivity index (χ3v) is 10.2. The summed E-state index contributed by atoms with van der Waals surface area (Å²) in [6.45, 7) is 2.76. The molecule has 7 nitrogen and oxygen atoms in total. The number of esters is 1. The Kier molecular flexibility index (Phi) is 6.57. The molecule has 34 heavy (non-hydrogen) atoms. The zero-order valence-electron chi connectivity index (χ0n) is 20.0. The largest absolute Gasteiger partial charge is 0.465 e. The molecule has 4 aliphatic heterocycles. The topological polar surface area (TPSA) is 87.1 Å². The van der Waals surface area contributed by atoms with Crippen molar-refractivity contribution in [3.05, 3.63) is 24.3 Å². The molecule has 4 heterocycles. The summed E-state index contributed by atoms with van der Waals surface area (Å²) in [6, 6.07) is -0.544. The minimum absolute atomic E-state index is 0.0432. The van der Waals surface area contributed by atoms with Crippen molar-refractivity contribution >= 4 is 29.5 Å². The van der Waals surface area contributed by atoms with Gasteiger partial charge in [-0.1, -0.05) is 43.6 Å². The molecule has 5 rings (SSSR count). The van der Waals surface area contributed by atoms with E-state index in [2.05, 4.69) is 12.2 Å². The van der Waals surface area contributed by atoms with Gasteiger partial charge < -0.3 is 19.6 Å². The zero-order chi connectivity index (χ0) is 23.9. The fourth-order valence-corrected chi connectivity index (χ4v) is 9.04. The second-order valence-corrected chi connectivity index (χ2v) is 12.3. The Balaban J connectivity index is 1.59. The molecule has 0 bridgehead atoms. The van der Waals surface area contributed by atoms with E-state index in [4.69, 9.17) is 4.74 Å². The van der Waals surface area contributed by atoms with Gasteiger partial charge in [-0.05, 0) is 39.0 Å². The van der Waals surface area contributed by atoms with Crippen LogP contribution in [-0.2, 0) is 19.1 Å². The first kappa shape index (κ1) is 23.9. The van der Waals surface area contributed by atoms with Crippen LogP contribution in [0, 0.1) is 11.8 Å². The van der Waals surface area contributed by atoms with E-state index in [1.165, 1.54) is 6.42 Å². The number of carbonyl (C=O) groups excluding carboxylic acids is 3. The number of likely N-dealkylation sites (tertiary alicyclic amines) is 1. The molecule has 1 aliphatic carbocycles. The number of aliphatic hydroxyl groups is 1. The molecule has 1 N–H and O–H groups in total. The SMILES string of the molecule is C[C@]12/C=C\CCCCOC(=O)[C@H]1[C@H]1C(=O)N(CCO)C3C(=O)N(C4CCCCC4)CC=C[C@@]31S2. The lowest BCUT2D eigenvalue weighted by molar-refractivity contribution is -0.154. The van der Waals surface area contributed by atoms with Gasteiger partial charge in [-0.2, -0.15) is 0 Å². The van der Waals surface area contributed by atoms with Gasteiger partial charge in [-0.15, -0.1) is 11.8 Å². The highest BCUT2D eigenvalue weighted by atomic mass is 32.2. The Labute approximate surface area is 205 Å². The molecule has 1 unspecified atom stereocenters. The van der Waals surface area contributed by atoms with E-state index in [0.717, 1.165) is 44.9 Å². The average molecular weight is 489 g/mol. The number of fused-ring (bicyclic) bond motifs is 2. The summed E-state index contributed by atoms with van der Waals surface area (Å²) < 4.78 is 4.17. The van der Waals surface area contributed by atoms with Gasteiger partial charge >= 0.3 is 5.97 Å². The summed E-state index contributed by atoms with van der Waals surface area (Å²) in [6.07, 6.45) is 16.3. The van der Waals surface area contributed by atoms with E-state index in [-0.39, 0.29) is 37.0 Å². The van der Waals surface area contributed by atoms with Crippen LogP contribution in [0.2, 0.25) is 0 Å². The summed E-state index contributed by atoms with van der Waals surface area (Å²) in [5.41, 5.74) is 0. The third-order valence-electron chi connectivity index (χ3n) is 8.39. The van der Waals surface area contributed by atoms with Gasteiger partial charge in [0.2, 0.25) is 11.8 Å². The lowest BCUT2D eigenvalue weighted by Gasteiger charge is -2.39. The molecule has 2 amide bonds. The second kappa shape index (κ2) is 9.34. The number of hydrogen-bond acceptors (Lipinski definition) is 6. The van der Waals surface area contributed by atoms with Crippen LogP contribution in [0.1, 0.15) is 58.3 Å². The van der Waals surface area contributed by atoms with E-state index in [1.807, 2.05) is 24.0 Å². The summed E-state index contributed by atoms with van der Waals surface area (Å²) in [7, 11) is 0. The number of rotatable bonds is 3. The van der Waals surface area contributed by atoms with Crippen LogP contribution >= 0.6 is 11.8 Å². The maximum absolute atomic E-state index is 14.2. The number of hydrogen-bond donors (Lipinski definition) is 1. The zero-order valence-corrected chi connectivity index (χ0v) is 20.8. The Morgan fingerprint density at radius 2 is 1.82 bits per heavy atom. The first-order valence-corrected chi connectivity index (χ1v) is 13.7. The van der Waals surface area contributed by atoms with E-state index < -0.39 is 27.4 Å². The molecule has 3 fully saturated rings. The summed E-state index contributed by atoms with van der Waals surface area (Å²) >= 11 is 1.57. The third kappa shape index (κ3) is 3.72.